The van der Waals surface area contributed by atoms with Crippen LogP contribution >= 0.6 is 0 Å². The Kier molecular flexibility index (Phi) is 5.48. The van der Waals surface area contributed by atoms with Gasteiger partial charge in [-0.3, -0.25) is 0 Å². The van der Waals surface area contributed by atoms with E-state index in [2.05, 4.69) is 45.7 Å². The zero-order chi connectivity index (χ0) is 16.8. The zero-order valence-electron chi connectivity index (χ0n) is 14.0. The van der Waals surface area contributed by atoms with Gasteiger partial charge in [-0.05, 0) is 24.4 Å². The van der Waals surface area contributed by atoms with Crippen molar-refractivity contribution in [2.45, 2.75) is 18.9 Å². The number of carbonyl (C=O) groups excluding carboxylic acids is 1. The van der Waals surface area contributed by atoms with Gasteiger partial charge in [-0.1, -0.05) is 35.5 Å². The Morgan fingerprint density at radius 2 is 2.21 bits per heavy atom. The topological polar surface area (TPSA) is 61.6 Å². The first-order valence-electron chi connectivity index (χ1n) is 8.38. The molecule has 0 bridgehead atoms. The van der Waals surface area contributed by atoms with Crippen molar-refractivity contribution in [2.75, 3.05) is 33.2 Å². The Bertz CT molecular complexity index is 630. The summed E-state index contributed by atoms with van der Waals surface area (Å²) in [6.45, 7) is 4.14. The van der Waals surface area contributed by atoms with Gasteiger partial charge < -0.3 is 19.6 Å². The molecule has 24 heavy (non-hydrogen) atoms. The van der Waals surface area contributed by atoms with Crippen LogP contribution in [0.3, 0.4) is 0 Å². The maximum absolute atomic E-state index is 12.1. The van der Waals surface area contributed by atoms with Crippen LogP contribution in [0.1, 0.15) is 23.6 Å². The van der Waals surface area contributed by atoms with Gasteiger partial charge in [0.1, 0.15) is 12.0 Å². The monoisotopic (exact) mass is 328 g/mol. The Morgan fingerprint density at radius 1 is 1.38 bits per heavy atom. The molecule has 0 radical (unpaired) electrons. The van der Waals surface area contributed by atoms with E-state index in [0.717, 1.165) is 25.3 Å². The molecular weight excluding hydrogens is 304 g/mol. The van der Waals surface area contributed by atoms with Crippen LogP contribution in [0, 0.1) is 0 Å². The molecule has 1 atom stereocenters. The van der Waals surface area contributed by atoms with E-state index in [-0.39, 0.29) is 6.03 Å². The van der Waals surface area contributed by atoms with E-state index in [4.69, 9.17) is 4.52 Å². The highest BCUT2D eigenvalue weighted by Gasteiger charge is 2.23. The first kappa shape index (κ1) is 16.5. The smallest absolute Gasteiger partial charge is 0.317 e. The minimum atomic E-state index is -0.0863. The second-order valence-electron chi connectivity index (χ2n) is 6.28. The number of urea groups is 1. The zero-order valence-corrected chi connectivity index (χ0v) is 14.0. The maximum atomic E-state index is 12.1. The second-order valence-corrected chi connectivity index (χ2v) is 6.28. The average Bonchev–Trinajstić information content (AvgIpc) is 3.27. The van der Waals surface area contributed by atoms with E-state index in [0.29, 0.717) is 19.0 Å². The fraction of sp³-hybridized carbons (Fsp3) is 0.444. The van der Waals surface area contributed by atoms with Gasteiger partial charge in [0.15, 0.2) is 0 Å². The highest BCUT2D eigenvalue weighted by Crippen LogP contribution is 2.26. The van der Waals surface area contributed by atoms with Crippen molar-refractivity contribution in [3.63, 3.8) is 0 Å². The SMILES string of the molecule is CN(Cc1ccon1)C(=O)NCCN1CC[C@@H](c2ccccc2)C1. The molecule has 1 aliphatic heterocycles. The summed E-state index contributed by atoms with van der Waals surface area (Å²) in [5.74, 6) is 0.608. The number of likely N-dealkylation sites (tertiary alicyclic amines) is 1. The average molecular weight is 328 g/mol. The first-order valence-corrected chi connectivity index (χ1v) is 8.38. The van der Waals surface area contributed by atoms with Crippen LogP contribution in [-0.4, -0.2) is 54.2 Å². The lowest BCUT2D eigenvalue weighted by Gasteiger charge is -2.19. The fourth-order valence-electron chi connectivity index (χ4n) is 3.12. The van der Waals surface area contributed by atoms with Gasteiger partial charge in [-0.25, -0.2) is 4.79 Å². The quantitative estimate of drug-likeness (QED) is 0.884. The van der Waals surface area contributed by atoms with Crippen molar-refractivity contribution in [1.82, 2.24) is 20.3 Å². The molecule has 0 saturated carbocycles. The van der Waals surface area contributed by atoms with Crippen molar-refractivity contribution in [2.24, 2.45) is 0 Å². The van der Waals surface area contributed by atoms with Crippen molar-refractivity contribution in [3.05, 3.63) is 53.9 Å². The normalized spacial score (nSPS) is 17.8. The number of aromatic nitrogens is 1. The molecule has 2 amide bonds. The number of hydrogen-bond donors (Lipinski definition) is 1. The van der Waals surface area contributed by atoms with Crippen LogP contribution in [0.15, 0.2) is 47.2 Å². The van der Waals surface area contributed by atoms with Crippen LogP contribution < -0.4 is 5.32 Å². The molecule has 1 fully saturated rings. The number of hydrogen-bond acceptors (Lipinski definition) is 4. The maximum Gasteiger partial charge on any atom is 0.317 e. The third-order valence-corrected chi connectivity index (χ3v) is 4.48. The summed E-state index contributed by atoms with van der Waals surface area (Å²) in [7, 11) is 1.76. The molecular formula is C18H24N4O2. The van der Waals surface area contributed by atoms with E-state index in [9.17, 15) is 4.79 Å². The van der Waals surface area contributed by atoms with E-state index in [1.54, 1.807) is 18.0 Å². The molecule has 2 aromatic rings. The van der Waals surface area contributed by atoms with E-state index in [1.807, 2.05) is 0 Å². The molecule has 0 aliphatic carbocycles. The molecule has 6 nitrogen and oxygen atoms in total. The largest absolute Gasteiger partial charge is 0.364 e. The predicted molar refractivity (Wildman–Crippen MR) is 91.6 cm³/mol. The number of nitrogens with one attached hydrogen (secondary N) is 1. The minimum Gasteiger partial charge on any atom is -0.364 e. The first-order chi connectivity index (χ1) is 11.7. The number of rotatable bonds is 6. The number of benzene rings is 1. The lowest BCUT2D eigenvalue weighted by Crippen LogP contribution is -2.40. The molecule has 1 aromatic heterocycles. The van der Waals surface area contributed by atoms with E-state index < -0.39 is 0 Å². The summed E-state index contributed by atoms with van der Waals surface area (Å²) in [6, 6.07) is 12.3. The van der Waals surface area contributed by atoms with Crippen molar-refractivity contribution in [1.29, 1.82) is 0 Å². The van der Waals surface area contributed by atoms with Gasteiger partial charge in [-0.15, -0.1) is 0 Å². The Morgan fingerprint density at radius 3 is 2.96 bits per heavy atom. The van der Waals surface area contributed by atoms with Gasteiger partial charge in [0, 0.05) is 32.7 Å². The van der Waals surface area contributed by atoms with Gasteiger partial charge in [-0.2, -0.15) is 0 Å². The molecule has 0 unspecified atom stereocenters. The Labute approximate surface area is 142 Å². The van der Waals surface area contributed by atoms with Gasteiger partial charge in [0.2, 0.25) is 0 Å². The Balaban J connectivity index is 1.37. The summed E-state index contributed by atoms with van der Waals surface area (Å²) >= 11 is 0. The minimum absolute atomic E-state index is 0.0863. The van der Waals surface area contributed by atoms with E-state index >= 15 is 0 Å². The lowest BCUT2D eigenvalue weighted by molar-refractivity contribution is 0.203. The molecule has 2 heterocycles. The molecule has 0 spiro atoms. The predicted octanol–water partition coefficient (Wildman–Crippen LogP) is 2.31. The molecule has 3 rings (SSSR count). The van der Waals surface area contributed by atoms with Gasteiger partial charge in [0.05, 0.1) is 6.54 Å². The molecule has 1 saturated heterocycles. The molecule has 6 heteroatoms. The second kappa shape index (κ2) is 7.97. The highest BCUT2D eigenvalue weighted by atomic mass is 16.5. The van der Waals surface area contributed by atoms with Crippen LogP contribution in [-0.2, 0) is 6.54 Å². The third-order valence-electron chi connectivity index (χ3n) is 4.48. The number of amides is 2. The summed E-state index contributed by atoms with van der Waals surface area (Å²) in [6.07, 6.45) is 2.70. The van der Waals surface area contributed by atoms with Crippen molar-refractivity contribution < 1.29 is 9.32 Å². The Hall–Kier alpha value is -2.34. The molecule has 1 aliphatic rings. The third kappa shape index (κ3) is 4.35. The van der Waals surface area contributed by atoms with Crippen LogP contribution in [0.25, 0.3) is 0 Å². The fourth-order valence-corrected chi connectivity index (χ4v) is 3.12. The molecule has 1 aromatic carbocycles. The number of carbonyl (C=O) groups is 1. The van der Waals surface area contributed by atoms with Gasteiger partial charge >= 0.3 is 6.03 Å². The summed E-state index contributed by atoms with van der Waals surface area (Å²) in [4.78, 5) is 16.1. The van der Waals surface area contributed by atoms with Crippen molar-refractivity contribution >= 4 is 6.03 Å². The van der Waals surface area contributed by atoms with Gasteiger partial charge in [0.25, 0.3) is 0 Å². The van der Waals surface area contributed by atoms with E-state index in [1.165, 1.54) is 18.2 Å². The summed E-state index contributed by atoms with van der Waals surface area (Å²) in [5, 5.41) is 6.78. The summed E-state index contributed by atoms with van der Waals surface area (Å²) in [5.41, 5.74) is 2.16. The standard InChI is InChI=1S/C18H24N4O2/c1-21(14-17-8-12-24-20-17)18(23)19-9-11-22-10-7-16(13-22)15-5-3-2-4-6-15/h2-6,8,12,16H,7,9-11,13-14H2,1H3,(H,19,23)/t16-/m1/s1. The van der Waals surface area contributed by atoms with Crippen molar-refractivity contribution in [3.8, 4) is 0 Å². The lowest BCUT2D eigenvalue weighted by atomic mass is 9.99. The van der Waals surface area contributed by atoms with Crippen LogP contribution in [0.5, 0.6) is 0 Å². The van der Waals surface area contributed by atoms with Crippen LogP contribution in [0.2, 0.25) is 0 Å². The summed E-state index contributed by atoms with van der Waals surface area (Å²) < 4.78 is 4.78. The highest BCUT2D eigenvalue weighted by molar-refractivity contribution is 5.73. The number of nitrogens with zero attached hydrogens (tertiary/aromatic N) is 3. The van der Waals surface area contributed by atoms with Crippen LogP contribution in [0.4, 0.5) is 4.79 Å². The molecule has 128 valence electrons. The molecule has 1 N–H and O–H groups in total.